The van der Waals surface area contributed by atoms with E-state index >= 15 is 0 Å². The zero-order chi connectivity index (χ0) is 17.9. The molecule has 0 aliphatic carbocycles. The molecule has 0 aliphatic rings. The molecule has 0 atom stereocenters. The van der Waals surface area contributed by atoms with Gasteiger partial charge >= 0.3 is 11.9 Å². The maximum absolute atomic E-state index is 10.1. The summed E-state index contributed by atoms with van der Waals surface area (Å²) in [4.78, 5) is 20.2. The Balaban J connectivity index is 0.000000443. The molecule has 2 N–H and O–H groups in total. The summed E-state index contributed by atoms with van der Waals surface area (Å²) in [6.07, 6.45) is 0. The van der Waals surface area contributed by atoms with E-state index in [2.05, 4.69) is 0 Å². The van der Waals surface area contributed by atoms with Gasteiger partial charge in [0, 0.05) is 17.1 Å². The normalized spacial score (nSPS) is 9.04. The topological polar surface area (TPSA) is 93.1 Å². The molecule has 1 radical (unpaired) electrons. The van der Waals surface area contributed by atoms with E-state index in [0.29, 0.717) is 21.5 Å². The molecule has 0 bridgehead atoms. The number of carbonyl (C=O) groups is 2. The quantitative estimate of drug-likeness (QED) is 0.672. The van der Waals surface area contributed by atoms with Gasteiger partial charge in [0.2, 0.25) is 0 Å². The van der Waals surface area contributed by atoms with Crippen molar-refractivity contribution in [3.63, 3.8) is 0 Å². The largest absolute Gasteiger partial charge is 0.480 e. The van der Waals surface area contributed by atoms with Crippen LogP contribution in [0.2, 0.25) is 10.0 Å². The number of hydrogen-bond donors (Lipinski definition) is 2. The second-order valence-corrected chi connectivity index (χ2v) is 5.04. The van der Waals surface area contributed by atoms with Crippen LogP contribution in [0.25, 0.3) is 0 Å². The van der Waals surface area contributed by atoms with Crippen LogP contribution in [0, 0.1) is 0 Å². The minimum absolute atomic E-state index is 0. The summed E-state index contributed by atoms with van der Waals surface area (Å²) in [5.41, 5.74) is 0. The third-order valence-electron chi connectivity index (χ3n) is 2.38. The molecule has 139 valence electrons. The molecule has 0 spiro atoms. The van der Waals surface area contributed by atoms with E-state index in [4.69, 9.17) is 42.9 Å². The summed E-state index contributed by atoms with van der Waals surface area (Å²) in [5.74, 6) is -1.26. The molecule has 2 aromatic rings. The first-order valence-electron chi connectivity index (χ1n) is 6.58. The number of rotatable bonds is 6. The Kier molecular flexibility index (Phi) is 11.5. The summed E-state index contributed by atoms with van der Waals surface area (Å²) >= 11 is 11.4. The Morgan fingerprint density at radius 3 is 1.36 bits per heavy atom. The van der Waals surface area contributed by atoms with Crippen LogP contribution in [0.4, 0.5) is 0 Å². The second-order valence-electron chi connectivity index (χ2n) is 4.23. The number of carboxylic acid groups (broad SMARTS) is 2. The number of ether oxygens (including phenoxy) is 2. The molecule has 0 aliphatic heterocycles. The van der Waals surface area contributed by atoms with Gasteiger partial charge in [-0.15, -0.1) is 0 Å². The third-order valence-corrected chi connectivity index (χ3v) is 3.00. The second kappa shape index (κ2) is 12.4. The van der Waals surface area contributed by atoms with Gasteiger partial charge in [0.1, 0.15) is 11.5 Å². The minimum Gasteiger partial charge on any atom is -0.480 e. The molecule has 6 nitrogen and oxygen atoms in total. The van der Waals surface area contributed by atoms with Crippen molar-refractivity contribution in [2.45, 2.75) is 0 Å². The summed E-state index contributed by atoms with van der Waals surface area (Å²) in [6, 6.07) is 13.5. The van der Waals surface area contributed by atoms with Crippen molar-refractivity contribution in [3.05, 3.63) is 58.6 Å². The fourth-order valence-electron chi connectivity index (χ4n) is 1.40. The number of para-hydroxylation sites is 2. The Bertz CT molecular complexity index is 636. The Hall–Kier alpha value is -1.92. The molecule has 0 amide bonds. The van der Waals surface area contributed by atoms with Crippen molar-refractivity contribution >= 4 is 35.1 Å². The zero-order valence-electron chi connectivity index (χ0n) is 12.6. The molecule has 0 fully saturated rings. The van der Waals surface area contributed by atoms with Crippen LogP contribution < -0.4 is 9.47 Å². The maximum atomic E-state index is 10.1. The molecule has 0 saturated carbocycles. The first-order valence-corrected chi connectivity index (χ1v) is 7.34. The first-order chi connectivity index (χ1) is 11.4. The smallest absolute Gasteiger partial charge is 0.341 e. The number of halogens is 2. The predicted molar refractivity (Wildman–Crippen MR) is 89.2 cm³/mol. The number of aliphatic carboxylic acids is 2. The summed E-state index contributed by atoms with van der Waals surface area (Å²) in [7, 11) is 0. The summed E-state index contributed by atoms with van der Waals surface area (Å²) in [5, 5.41) is 17.4. The average molecular weight is 437 g/mol. The molecular formula is C16H14Cl2CuO6. The van der Waals surface area contributed by atoms with Gasteiger partial charge in [-0.3, -0.25) is 0 Å². The van der Waals surface area contributed by atoms with E-state index in [1.807, 2.05) is 0 Å². The van der Waals surface area contributed by atoms with E-state index in [0.717, 1.165) is 0 Å². The van der Waals surface area contributed by atoms with Gasteiger partial charge in [0.15, 0.2) is 13.2 Å². The molecule has 2 rings (SSSR count). The summed E-state index contributed by atoms with van der Waals surface area (Å²) in [6.45, 7) is -0.743. The van der Waals surface area contributed by atoms with Crippen LogP contribution in [0.15, 0.2) is 48.5 Å². The molecule has 0 saturated heterocycles. The Morgan fingerprint density at radius 2 is 1.08 bits per heavy atom. The van der Waals surface area contributed by atoms with Gasteiger partial charge in [-0.05, 0) is 24.3 Å². The number of benzene rings is 2. The fraction of sp³-hybridized carbons (Fsp3) is 0.125. The molecular weight excluding hydrogens is 423 g/mol. The molecule has 0 aromatic heterocycles. The molecule has 0 heterocycles. The van der Waals surface area contributed by atoms with Gasteiger partial charge in [-0.1, -0.05) is 47.5 Å². The Labute approximate surface area is 164 Å². The molecule has 0 unspecified atom stereocenters. The first kappa shape index (κ1) is 23.1. The van der Waals surface area contributed by atoms with Gasteiger partial charge in [-0.2, -0.15) is 0 Å². The van der Waals surface area contributed by atoms with Crippen LogP contribution in [0.5, 0.6) is 11.5 Å². The minimum atomic E-state index is -1.02. The van der Waals surface area contributed by atoms with Crippen LogP contribution in [-0.4, -0.2) is 35.4 Å². The van der Waals surface area contributed by atoms with Crippen molar-refractivity contribution in [1.29, 1.82) is 0 Å². The van der Waals surface area contributed by atoms with E-state index in [9.17, 15) is 9.59 Å². The third kappa shape index (κ3) is 9.84. The SMILES string of the molecule is O=C(O)COc1ccccc1Cl.O=C(O)COc1ccccc1Cl.[Cu]. The van der Waals surface area contributed by atoms with Crippen LogP contribution in [-0.2, 0) is 26.7 Å². The van der Waals surface area contributed by atoms with Crippen molar-refractivity contribution in [2.75, 3.05) is 13.2 Å². The zero-order valence-corrected chi connectivity index (χ0v) is 15.1. The van der Waals surface area contributed by atoms with E-state index in [-0.39, 0.29) is 30.3 Å². The van der Waals surface area contributed by atoms with Crippen molar-refractivity contribution in [2.24, 2.45) is 0 Å². The molecule has 25 heavy (non-hydrogen) atoms. The van der Waals surface area contributed by atoms with Gasteiger partial charge < -0.3 is 19.7 Å². The van der Waals surface area contributed by atoms with Gasteiger partial charge in [0.05, 0.1) is 10.0 Å². The predicted octanol–water partition coefficient (Wildman–Crippen LogP) is 3.60. The van der Waals surface area contributed by atoms with Crippen molar-refractivity contribution in [3.8, 4) is 11.5 Å². The van der Waals surface area contributed by atoms with E-state index < -0.39 is 11.9 Å². The number of hydrogen-bond acceptors (Lipinski definition) is 4. The van der Waals surface area contributed by atoms with Crippen LogP contribution in [0.3, 0.4) is 0 Å². The molecule has 2 aromatic carbocycles. The average Bonchev–Trinajstić information content (AvgIpc) is 2.54. The standard InChI is InChI=1S/2C8H7ClO3.Cu/c2*9-6-3-1-2-4-7(6)12-5-8(10)11;/h2*1-4H,5H2,(H,10,11);. The molecule has 9 heteroatoms. The van der Waals surface area contributed by atoms with Crippen molar-refractivity contribution < 1.29 is 46.3 Å². The van der Waals surface area contributed by atoms with E-state index in [1.165, 1.54) is 0 Å². The van der Waals surface area contributed by atoms with Crippen LogP contribution >= 0.6 is 23.2 Å². The maximum Gasteiger partial charge on any atom is 0.341 e. The van der Waals surface area contributed by atoms with Gasteiger partial charge in [0.25, 0.3) is 0 Å². The Morgan fingerprint density at radius 1 is 0.760 bits per heavy atom. The van der Waals surface area contributed by atoms with Crippen molar-refractivity contribution in [1.82, 2.24) is 0 Å². The van der Waals surface area contributed by atoms with Gasteiger partial charge in [-0.25, -0.2) is 9.59 Å². The van der Waals surface area contributed by atoms with E-state index in [1.54, 1.807) is 48.5 Å². The fourth-order valence-corrected chi connectivity index (χ4v) is 1.78. The summed E-state index contributed by atoms with van der Waals surface area (Å²) < 4.78 is 9.73. The monoisotopic (exact) mass is 435 g/mol. The van der Waals surface area contributed by atoms with Crippen LogP contribution in [0.1, 0.15) is 0 Å². The number of carboxylic acids is 2.